The predicted molar refractivity (Wildman–Crippen MR) is 589 cm³/mol. The van der Waals surface area contributed by atoms with Gasteiger partial charge in [0.25, 0.3) is 38.0 Å². The van der Waals surface area contributed by atoms with Crippen LogP contribution in [0.5, 0.6) is 0 Å². The molecule has 0 fully saturated rings. The molecule has 0 aliphatic rings. The third-order valence-electron chi connectivity index (χ3n) is 25.2. The van der Waals surface area contributed by atoms with Crippen molar-refractivity contribution in [3.05, 3.63) is 479 Å². The molecule has 6 heterocycles. The molecule has 20 aromatic rings. The van der Waals surface area contributed by atoms with E-state index in [2.05, 4.69) is 81.0 Å². The molecule has 0 spiro atoms. The second kappa shape index (κ2) is 46.1. The van der Waals surface area contributed by atoms with E-state index in [1.807, 2.05) is 296 Å². The highest BCUT2D eigenvalue weighted by Crippen LogP contribution is 2.43. The van der Waals surface area contributed by atoms with Gasteiger partial charge in [-0.2, -0.15) is 0 Å². The van der Waals surface area contributed by atoms with Gasteiger partial charge in [-0.15, -0.1) is 0 Å². The van der Waals surface area contributed by atoms with Crippen LogP contribution in [0.25, 0.3) is 157 Å². The average Bonchev–Trinajstić information content (AvgIpc) is 0.806. The first kappa shape index (κ1) is 71.1. The van der Waals surface area contributed by atoms with Gasteiger partial charge in [0.2, 0.25) is 0 Å². The third-order valence-corrected chi connectivity index (χ3v) is 25.2. The quantitative estimate of drug-likeness (QED) is 0.101. The van der Waals surface area contributed by atoms with Gasteiger partial charge in [-0.3, -0.25) is 0 Å². The Labute approximate surface area is 885 Å². The van der Waals surface area contributed by atoms with Gasteiger partial charge >= 0.3 is 0 Å². The minimum absolute atomic E-state index is 0.00367. The summed E-state index contributed by atoms with van der Waals surface area (Å²) in [7, 11) is 11.2. The van der Waals surface area contributed by atoms with E-state index in [-0.39, 0.29) is 50.1 Å². The van der Waals surface area contributed by atoms with Crippen LogP contribution < -0.4 is 27.4 Å². The fourth-order valence-corrected chi connectivity index (χ4v) is 18.1. The standard InChI is InChI=1S/C26H25N2.C25H23N2.C21H23N2.2C20H21N2.C19H19N2/c1-18-10-8-9-13-23(18)26-24(16-27-17-28(26)4)25-19(2)14-22(15-20(25)3)21-11-6-5-7-12-21;1-18-9-7-8-12-23(18)25-24(16-26-17-27(25)3)22-14-13-21(15-19(22)2)20-10-5-4-6-11-20;1-14-10-16(3)20(17(4)11-14)19-12-22-13-23(5)21(19)18-9-7-6-8-15(18)2;1-14-8-5-6-11-17(14)20-18(12-21-13-22(20)4)19-15(2)9-7-10-16(19)3;1-14-9-10-17(16(3)11-14)19-12-21-13-22(4)20(19)18-8-6-5-7-15(18)2;1-14-8-4-6-10-16(14)18-12-20-13-21(3)19(18)17-11-7-5-9-15(17)2/h5-17H,1-4H3;4-17H,1-3H3;6-13H,1-5H3;2*5-13H,1-4H3;4-13H,1-3H3/q6*+1/i2D3,3D3;2D3;3D3,4D3;2D3,3D3;3D3;1D3. The first-order valence-electron chi connectivity index (χ1n) is 60.3. The Morgan fingerprint density at radius 2 is 0.385 bits per heavy atom. The molecule has 0 saturated heterocycles. The summed E-state index contributed by atoms with van der Waals surface area (Å²) in [4.78, 5) is 25.7. The molecule has 12 heteroatoms. The van der Waals surface area contributed by atoms with Gasteiger partial charge in [0.05, 0.1) is 75.7 Å². The molecule has 12 nitrogen and oxygen atoms in total. The summed E-state index contributed by atoms with van der Waals surface area (Å²) >= 11 is 0. The van der Waals surface area contributed by atoms with Gasteiger partial charge < -0.3 is 0 Å². The maximum Gasteiger partial charge on any atom is 0.286 e. The lowest BCUT2D eigenvalue weighted by atomic mass is 9.89. The molecule has 0 radical (unpaired) electrons. The highest BCUT2D eigenvalue weighted by atomic mass is 15.0. The number of nitrogens with zero attached hydrogens (tertiary/aromatic N) is 12. The van der Waals surface area contributed by atoms with Crippen molar-refractivity contribution in [3.63, 3.8) is 0 Å². The Balaban J connectivity index is 0.000000150. The van der Waals surface area contributed by atoms with Crippen molar-refractivity contribution in [1.82, 2.24) is 29.9 Å². The monoisotopic (exact) mass is 1900 g/mol. The summed E-state index contributed by atoms with van der Waals surface area (Å²) in [5, 5.41) is 0. The predicted octanol–water partition coefficient (Wildman–Crippen LogP) is 28.0. The summed E-state index contributed by atoms with van der Waals surface area (Å²) in [6, 6.07) is 95.6. The smallest absolute Gasteiger partial charge is 0.232 e. The van der Waals surface area contributed by atoms with Gasteiger partial charge in [0.15, 0.2) is 37.2 Å². The van der Waals surface area contributed by atoms with E-state index < -0.39 is 61.7 Å². The molecule has 0 aliphatic carbocycles. The number of benzene rings is 14. The Hall–Kier alpha value is -16.4. The summed E-state index contributed by atoms with van der Waals surface area (Å²) in [6.45, 7) is -5.90. The van der Waals surface area contributed by atoms with Gasteiger partial charge in [-0.25, -0.2) is 27.4 Å². The largest absolute Gasteiger partial charge is 0.286 e. The molecule has 0 atom stereocenters. The van der Waals surface area contributed by atoms with Gasteiger partial charge in [0.1, 0.15) is 34.2 Å². The zero-order chi connectivity index (χ0) is 124. The molecule has 0 aliphatic heterocycles. The van der Waals surface area contributed by atoms with E-state index in [4.69, 9.17) is 37.0 Å². The summed E-state index contributed by atoms with van der Waals surface area (Å²) in [5.41, 5.74) is 29.5. The molecule has 710 valence electrons. The van der Waals surface area contributed by atoms with Crippen molar-refractivity contribution in [2.75, 3.05) is 0 Å². The second-order valence-corrected chi connectivity index (χ2v) is 35.5. The lowest BCUT2D eigenvalue weighted by Crippen LogP contribution is -2.32. The van der Waals surface area contributed by atoms with Crippen LogP contribution in [0.15, 0.2) is 385 Å². The Bertz CT molecular complexity index is 9030. The molecule has 0 unspecified atom stereocenters. The maximum absolute atomic E-state index is 8.32. The van der Waals surface area contributed by atoms with Gasteiger partial charge in [0, 0.05) is 70.4 Å². The maximum atomic E-state index is 8.32. The van der Waals surface area contributed by atoms with E-state index in [1.165, 1.54) is 18.2 Å². The van der Waals surface area contributed by atoms with Crippen LogP contribution in [0.1, 0.15) is 132 Å². The lowest BCUT2D eigenvalue weighted by Gasteiger charge is -2.16. The van der Waals surface area contributed by atoms with Crippen molar-refractivity contribution < 1.29 is 64.4 Å². The van der Waals surface area contributed by atoms with Gasteiger partial charge in [-0.1, -0.05) is 350 Å². The van der Waals surface area contributed by atoms with Crippen LogP contribution in [0, 0.1) is 117 Å². The molecule has 143 heavy (non-hydrogen) atoms. The molecular formula is C131H132N12+6. The number of rotatable bonds is 14. The molecule has 0 N–H and O–H groups in total. The summed E-state index contributed by atoms with van der Waals surface area (Å²) < 4.78 is 229. The van der Waals surface area contributed by atoms with Crippen molar-refractivity contribution in [3.8, 4) is 157 Å². The molecular weight excluding hydrogens is 1740 g/mol. The molecule has 14 aromatic carbocycles. The highest BCUT2D eigenvalue weighted by Gasteiger charge is 2.28. The number of aromatic nitrogens is 12. The Kier molecular flexibility index (Phi) is 22.9. The normalized spacial score (nSPS) is 14.3. The molecule has 0 bridgehead atoms. The third kappa shape index (κ3) is 23.0. The Morgan fingerprint density at radius 3 is 0.699 bits per heavy atom. The zero-order valence-corrected chi connectivity index (χ0v) is 82.7. The van der Waals surface area contributed by atoms with E-state index in [9.17, 15) is 0 Å². The molecule has 0 amide bonds. The van der Waals surface area contributed by atoms with Crippen molar-refractivity contribution in [2.24, 2.45) is 42.3 Å². The van der Waals surface area contributed by atoms with Crippen LogP contribution in [0.4, 0.5) is 0 Å². The van der Waals surface area contributed by atoms with Crippen LogP contribution in [-0.4, -0.2) is 29.9 Å². The number of hydrogen-bond donors (Lipinski definition) is 0. The molecule has 0 saturated carbocycles. The van der Waals surface area contributed by atoms with E-state index in [0.29, 0.717) is 66.9 Å². The zero-order valence-electron chi connectivity index (χ0n) is 110. The first-order valence-corrected chi connectivity index (χ1v) is 46.8. The topological polar surface area (TPSA) is 101 Å². The van der Waals surface area contributed by atoms with E-state index in [0.717, 1.165) is 134 Å². The minimum atomic E-state index is -2.54. The van der Waals surface area contributed by atoms with Crippen molar-refractivity contribution in [2.45, 2.75) is 117 Å². The van der Waals surface area contributed by atoms with E-state index >= 15 is 0 Å². The van der Waals surface area contributed by atoms with Crippen LogP contribution in [0.3, 0.4) is 0 Å². The highest BCUT2D eigenvalue weighted by molar-refractivity contribution is 5.89. The number of aryl methyl sites for hydroxylation is 23. The fourth-order valence-electron chi connectivity index (χ4n) is 18.1. The van der Waals surface area contributed by atoms with Crippen LogP contribution in [-0.2, 0) is 42.3 Å². The van der Waals surface area contributed by atoms with Crippen molar-refractivity contribution >= 4 is 0 Å². The van der Waals surface area contributed by atoms with Gasteiger partial charge in [-0.05, 0) is 256 Å². The van der Waals surface area contributed by atoms with Crippen LogP contribution >= 0.6 is 0 Å². The average molecular weight is 1900 g/mol. The van der Waals surface area contributed by atoms with Crippen LogP contribution in [0.2, 0.25) is 0 Å². The SMILES string of the molecule is [2H]C([2H])([2H])c1cc(-c2ccccc2)cc(C([2H])([2H])[2H])c1-c1cnc[n+](C)c1-c1ccccc1C.[2H]C([2H])([2H])c1cc(-c2ccccc2)ccc1-c1cnc[n+](C)c1-c1ccccc1C.[2H]C([2H])([2H])c1cc(C)cc(C([2H])([2H])[2H])c1-c1cnc[n+](C)c1-c1ccccc1C.[2H]C([2H])([2H])c1cc(C)ccc1-c1cnc[n+](C)c1-c1ccccc1C.[2H]C([2H])([2H])c1cccc(C([2H])([2H])[2H])c1-c1cnc[n+](C)c1-c1ccccc1C.[2H]C([2H])([2H])c1ccccc1-c1cnc[n+](C)c1-c1ccccc1C. The first-order chi connectivity index (χ1) is 79.9. The number of hydrogen-bond acceptors (Lipinski definition) is 6. The molecule has 6 aromatic heterocycles. The summed E-state index contributed by atoms with van der Waals surface area (Å²) in [6.07, 6.45) is 20.0. The molecule has 20 rings (SSSR count). The van der Waals surface area contributed by atoms with E-state index in [1.54, 1.807) is 144 Å². The Morgan fingerprint density at radius 1 is 0.161 bits per heavy atom. The lowest BCUT2D eigenvalue weighted by molar-refractivity contribution is -0.663. The second-order valence-electron chi connectivity index (χ2n) is 35.5. The minimum Gasteiger partial charge on any atom is -0.232 e. The van der Waals surface area contributed by atoms with Crippen molar-refractivity contribution in [1.29, 1.82) is 0 Å². The fraction of sp³-hybridized carbons (Fsp3) is 0.176. The summed E-state index contributed by atoms with van der Waals surface area (Å²) in [5.74, 6) is 0.